The van der Waals surface area contributed by atoms with Crippen LogP contribution in [0.1, 0.15) is 21.7 Å². The van der Waals surface area contributed by atoms with E-state index in [1.165, 1.54) is 10.6 Å². The van der Waals surface area contributed by atoms with Crippen LogP contribution in [0.5, 0.6) is 0 Å². The summed E-state index contributed by atoms with van der Waals surface area (Å²) >= 11 is 5.91. The molecule has 2 rings (SSSR count). The number of aromatic nitrogens is 3. The summed E-state index contributed by atoms with van der Waals surface area (Å²) in [6.45, 7) is 2.14. The number of nitrogens with two attached hydrogens (primary N) is 1. The number of aryl methyl sites for hydroxylation is 1. The lowest BCUT2D eigenvalue weighted by Crippen LogP contribution is -2.30. The molecule has 2 aromatic heterocycles. The fourth-order valence-corrected chi connectivity index (χ4v) is 1.83. The van der Waals surface area contributed by atoms with Gasteiger partial charge in [0.15, 0.2) is 0 Å². The number of nitrogens with one attached hydrogen (secondary N) is 1. The number of carbonyl (C=O) groups excluding carboxylic acids is 1. The summed E-state index contributed by atoms with van der Waals surface area (Å²) in [7, 11) is 0. The average molecular weight is 506 g/mol. The summed E-state index contributed by atoms with van der Waals surface area (Å²) < 4.78 is 65.0. The van der Waals surface area contributed by atoms with Gasteiger partial charge in [0.2, 0.25) is 0 Å². The number of alkyl halides is 6. The van der Waals surface area contributed by atoms with Crippen molar-refractivity contribution < 1.29 is 50.9 Å². The topological polar surface area (TPSA) is 172 Å². The van der Waals surface area contributed by atoms with Gasteiger partial charge in [-0.1, -0.05) is 11.6 Å². The first-order valence-electron chi connectivity index (χ1n) is 7.98. The Bertz CT molecular complexity index is 1030. The highest BCUT2D eigenvalue weighted by atomic mass is 35.5. The lowest BCUT2D eigenvalue weighted by atomic mass is 10.2. The Morgan fingerprint density at radius 1 is 1.06 bits per heavy atom. The van der Waals surface area contributed by atoms with Crippen LogP contribution in [-0.4, -0.2) is 54.9 Å². The summed E-state index contributed by atoms with van der Waals surface area (Å²) in [5.41, 5.74) is 6.76. The number of amides is 1. The third-order valence-corrected chi connectivity index (χ3v) is 3.23. The molecule has 0 saturated heterocycles. The lowest BCUT2D eigenvalue weighted by Gasteiger charge is -2.09. The molecular weight excluding hydrogens is 492 g/mol. The van der Waals surface area contributed by atoms with Crippen molar-refractivity contribution in [3.05, 3.63) is 52.1 Å². The number of primary amides is 1. The summed E-state index contributed by atoms with van der Waals surface area (Å²) in [5, 5.41) is 22.5. The van der Waals surface area contributed by atoms with E-state index >= 15 is 0 Å². The van der Waals surface area contributed by atoms with Crippen LogP contribution in [0, 0.1) is 12.3 Å². The molecule has 33 heavy (non-hydrogen) atoms. The molecule has 0 atom stereocenters. The standard InChI is InChI=1S/C12H12ClN5O.2C2HF3O2/c1-7-3-17-9(4-16-7)6-18-5-8(13)2-10(11(18)14)12(15)19;2*3-2(4,5)1(6)7/h2-5,14H,6H2,1H3,(H2,15,19);2*(H,6,7). The van der Waals surface area contributed by atoms with Gasteiger partial charge in [0.05, 0.1) is 34.7 Å². The molecule has 2 heterocycles. The Hall–Kier alpha value is -3.69. The van der Waals surface area contributed by atoms with Gasteiger partial charge in [0, 0.05) is 12.4 Å². The second-order valence-corrected chi connectivity index (χ2v) is 6.10. The van der Waals surface area contributed by atoms with Crippen molar-refractivity contribution in [2.24, 2.45) is 5.73 Å². The number of rotatable bonds is 3. The van der Waals surface area contributed by atoms with Crippen LogP contribution < -0.4 is 11.2 Å². The first-order valence-corrected chi connectivity index (χ1v) is 8.36. The van der Waals surface area contributed by atoms with Crippen LogP contribution in [0.2, 0.25) is 5.02 Å². The first-order chi connectivity index (χ1) is 14.9. The molecule has 0 spiro atoms. The van der Waals surface area contributed by atoms with Gasteiger partial charge in [0.25, 0.3) is 5.91 Å². The highest BCUT2D eigenvalue weighted by Gasteiger charge is 2.38. The SMILES string of the molecule is Cc1cnc(Cn2cc(Cl)cc(C(N)=O)c2=N)cn1.O=C(O)C(F)(F)F.O=C(O)C(F)(F)F. The number of nitrogens with zero attached hydrogens (tertiary/aromatic N) is 3. The number of hydrogen-bond acceptors (Lipinski definition) is 6. The summed E-state index contributed by atoms with van der Waals surface area (Å²) in [5.74, 6) is -6.20. The Kier molecular flexibility index (Phi) is 10.5. The van der Waals surface area contributed by atoms with E-state index in [0.717, 1.165) is 5.69 Å². The monoisotopic (exact) mass is 505 g/mol. The van der Waals surface area contributed by atoms with E-state index in [2.05, 4.69) is 9.97 Å². The highest BCUT2D eigenvalue weighted by molar-refractivity contribution is 6.30. The molecular formula is C16H14ClF6N5O5. The van der Waals surface area contributed by atoms with Gasteiger partial charge in [-0.25, -0.2) is 9.59 Å². The van der Waals surface area contributed by atoms with E-state index in [1.807, 2.05) is 6.92 Å². The normalized spacial score (nSPS) is 10.8. The van der Waals surface area contributed by atoms with Crippen LogP contribution in [0.15, 0.2) is 24.7 Å². The lowest BCUT2D eigenvalue weighted by molar-refractivity contribution is -0.193. The number of carboxylic acids is 2. The second kappa shape index (κ2) is 11.8. The molecule has 0 aliphatic rings. The van der Waals surface area contributed by atoms with Crippen LogP contribution >= 0.6 is 11.6 Å². The van der Waals surface area contributed by atoms with E-state index in [4.69, 9.17) is 42.5 Å². The smallest absolute Gasteiger partial charge is 0.475 e. The molecule has 0 radical (unpaired) electrons. The molecule has 0 aromatic carbocycles. The van der Waals surface area contributed by atoms with Crippen molar-refractivity contribution in [1.82, 2.24) is 14.5 Å². The quantitative estimate of drug-likeness (QED) is 0.462. The van der Waals surface area contributed by atoms with Crippen molar-refractivity contribution in [1.29, 1.82) is 5.41 Å². The summed E-state index contributed by atoms with van der Waals surface area (Å²) in [6, 6.07) is 1.38. The average Bonchev–Trinajstić information content (AvgIpc) is 2.65. The third-order valence-electron chi connectivity index (χ3n) is 3.02. The zero-order valence-corrected chi connectivity index (χ0v) is 17.0. The maximum absolute atomic E-state index is 11.2. The summed E-state index contributed by atoms with van der Waals surface area (Å²) in [6.07, 6.45) is -5.36. The van der Waals surface area contributed by atoms with E-state index in [0.29, 0.717) is 17.3 Å². The molecule has 0 bridgehead atoms. The molecule has 0 aliphatic heterocycles. The minimum absolute atomic E-state index is 0.000671. The largest absolute Gasteiger partial charge is 0.490 e. The van der Waals surface area contributed by atoms with Gasteiger partial charge >= 0.3 is 24.3 Å². The van der Waals surface area contributed by atoms with Crippen molar-refractivity contribution >= 4 is 29.4 Å². The van der Waals surface area contributed by atoms with E-state index in [1.54, 1.807) is 18.6 Å². The predicted molar refractivity (Wildman–Crippen MR) is 97.1 cm³/mol. The molecule has 2 aromatic rings. The molecule has 5 N–H and O–H groups in total. The molecule has 10 nitrogen and oxygen atoms in total. The molecule has 0 saturated carbocycles. The Balaban J connectivity index is 0.000000605. The molecule has 0 aliphatic carbocycles. The third kappa shape index (κ3) is 10.9. The number of aliphatic carboxylic acids is 2. The minimum Gasteiger partial charge on any atom is -0.475 e. The van der Waals surface area contributed by atoms with Crippen molar-refractivity contribution in [3.8, 4) is 0 Å². The van der Waals surface area contributed by atoms with E-state index in [-0.39, 0.29) is 11.1 Å². The van der Waals surface area contributed by atoms with Gasteiger partial charge in [-0.2, -0.15) is 26.3 Å². The van der Waals surface area contributed by atoms with Crippen LogP contribution in [-0.2, 0) is 16.1 Å². The predicted octanol–water partition coefficient (Wildman–Crippen LogP) is 2.13. The number of halogens is 7. The first kappa shape index (κ1) is 29.3. The molecule has 0 fully saturated rings. The maximum Gasteiger partial charge on any atom is 0.490 e. The zero-order valence-electron chi connectivity index (χ0n) is 16.2. The van der Waals surface area contributed by atoms with E-state index < -0.39 is 30.2 Å². The number of hydrogen-bond donors (Lipinski definition) is 4. The maximum atomic E-state index is 11.2. The van der Waals surface area contributed by atoms with Crippen molar-refractivity contribution in [2.45, 2.75) is 25.8 Å². The zero-order chi connectivity index (χ0) is 26.1. The fourth-order valence-electron chi connectivity index (χ4n) is 1.60. The molecule has 1 amide bonds. The van der Waals surface area contributed by atoms with Crippen molar-refractivity contribution in [3.63, 3.8) is 0 Å². The van der Waals surface area contributed by atoms with Crippen LogP contribution in [0.3, 0.4) is 0 Å². The fraction of sp³-hybridized carbons (Fsp3) is 0.250. The molecule has 0 unspecified atom stereocenters. The summed E-state index contributed by atoms with van der Waals surface area (Å²) in [4.78, 5) is 37.3. The van der Waals surface area contributed by atoms with Gasteiger partial charge in [-0.3, -0.25) is 20.2 Å². The number of carbonyl (C=O) groups is 3. The van der Waals surface area contributed by atoms with E-state index in [9.17, 15) is 31.1 Å². The minimum atomic E-state index is -5.08. The van der Waals surface area contributed by atoms with Crippen molar-refractivity contribution in [2.75, 3.05) is 0 Å². The molecule has 17 heteroatoms. The van der Waals surface area contributed by atoms with Gasteiger partial charge in [-0.05, 0) is 13.0 Å². The second-order valence-electron chi connectivity index (χ2n) is 5.67. The van der Waals surface area contributed by atoms with Gasteiger partial charge < -0.3 is 20.5 Å². The molecule has 182 valence electrons. The highest BCUT2D eigenvalue weighted by Crippen LogP contribution is 2.13. The van der Waals surface area contributed by atoms with Gasteiger partial charge in [-0.15, -0.1) is 0 Å². The van der Waals surface area contributed by atoms with Crippen LogP contribution in [0.25, 0.3) is 0 Å². The van der Waals surface area contributed by atoms with Gasteiger partial charge in [0.1, 0.15) is 5.49 Å². The number of carboxylic acid groups (broad SMARTS) is 2. The Labute approximate surface area is 184 Å². The Morgan fingerprint density at radius 3 is 1.85 bits per heavy atom. The Morgan fingerprint density at radius 2 is 1.52 bits per heavy atom. The van der Waals surface area contributed by atoms with Crippen LogP contribution in [0.4, 0.5) is 26.3 Å². The number of pyridine rings is 1.